The van der Waals surface area contributed by atoms with E-state index in [9.17, 15) is 14.4 Å². The molecule has 1 rings (SSSR count). The fraction of sp³-hybridized carbons (Fsp3) is 0.824. The Morgan fingerprint density at radius 1 is 1.00 bits per heavy atom. The second kappa shape index (κ2) is 11.3. The number of quaternary nitrogens is 1. The topological polar surface area (TPSA) is 155 Å². The molecule has 0 aromatic heterocycles. The molecular formula is C17H34BN4O5+. The Morgan fingerprint density at radius 2 is 1.59 bits per heavy atom. The summed E-state index contributed by atoms with van der Waals surface area (Å²) in [6.07, 6.45) is 5.69. The molecule has 0 bridgehead atoms. The van der Waals surface area contributed by atoms with E-state index in [0.29, 0.717) is 6.42 Å². The summed E-state index contributed by atoms with van der Waals surface area (Å²) in [5.74, 6) is -1.85. The molecule has 1 aliphatic rings. The van der Waals surface area contributed by atoms with Crippen LogP contribution >= 0.6 is 0 Å². The average Bonchev–Trinajstić information content (AvgIpc) is 2.65. The molecule has 1 saturated carbocycles. The minimum Gasteiger partial charge on any atom is -0.426 e. The largest absolute Gasteiger partial charge is 0.475 e. The van der Waals surface area contributed by atoms with Crippen LogP contribution in [-0.2, 0) is 14.4 Å². The van der Waals surface area contributed by atoms with Crippen molar-refractivity contribution in [3.8, 4) is 0 Å². The summed E-state index contributed by atoms with van der Waals surface area (Å²) in [5, 5.41) is 25.8. The molecule has 0 aromatic rings. The lowest BCUT2D eigenvalue weighted by Gasteiger charge is -2.26. The number of amides is 3. The Hall–Kier alpha value is -1.65. The van der Waals surface area contributed by atoms with Crippen LogP contribution in [0.5, 0.6) is 0 Å². The van der Waals surface area contributed by atoms with E-state index in [1.165, 1.54) is 13.3 Å². The van der Waals surface area contributed by atoms with Crippen molar-refractivity contribution in [1.29, 1.82) is 0 Å². The first-order chi connectivity index (χ1) is 12.7. The summed E-state index contributed by atoms with van der Waals surface area (Å²) in [4.78, 5) is 36.9. The van der Waals surface area contributed by atoms with E-state index >= 15 is 0 Å². The van der Waals surface area contributed by atoms with Crippen molar-refractivity contribution in [2.24, 2.45) is 5.92 Å². The third-order valence-electron chi connectivity index (χ3n) is 5.17. The second-order valence-electron chi connectivity index (χ2n) is 7.42. The molecule has 4 atom stereocenters. The van der Waals surface area contributed by atoms with Crippen molar-refractivity contribution in [1.82, 2.24) is 16.0 Å². The number of carbonyl (C=O) groups is 3. The number of nitrogens with one attached hydrogen (secondary N) is 3. The molecule has 10 heteroatoms. The Kier molecular flexibility index (Phi) is 9.75. The van der Waals surface area contributed by atoms with Gasteiger partial charge >= 0.3 is 7.12 Å². The SMILES string of the molecule is CCC(NC(=O)C(C)NC(=O)C([NH3+])C1CCCCC1)C(=O)NC(C)B(O)O. The maximum Gasteiger partial charge on any atom is 0.475 e. The molecule has 154 valence electrons. The number of rotatable bonds is 9. The number of hydrogen-bond acceptors (Lipinski definition) is 5. The number of hydrogen-bond donors (Lipinski definition) is 6. The van der Waals surface area contributed by atoms with E-state index < -0.39 is 43.0 Å². The third-order valence-corrected chi connectivity index (χ3v) is 5.17. The lowest BCUT2D eigenvalue weighted by atomic mass is 9.81. The van der Waals surface area contributed by atoms with Gasteiger partial charge in [-0.25, -0.2) is 0 Å². The first kappa shape index (κ1) is 23.4. The molecule has 3 amide bonds. The summed E-state index contributed by atoms with van der Waals surface area (Å²) in [7, 11) is -1.69. The standard InChI is InChI=1S/C17H33BN4O5/c1-4-13(16(24)21-11(3)18(26)27)22-15(23)10(2)20-17(25)14(19)12-8-6-5-7-9-12/h10-14,26-27H,4-9,19H2,1-3H3,(H,20,25)(H,21,24)(H,22,23)/p+1. The van der Waals surface area contributed by atoms with Crippen LogP contribution in [0, 0.1) is 5.92 Å². The van der Waals surface area contributed by atoms with Crippen molar-refractivity contribution < 1.29 is 30.2 Å². The van der Waals surface area contributed by atoms with Gasteiger partial charge in [0.05, 0.1) is 5.94 Å². The predicted octanol–water partition coefficient (Wildman–Crippen LogP) is -1.91. The van der Waals surface area contributed by atoms with Gasteiger partial charge in [-0.15, -0.1) is 0 Å². The van der Waals surface area contributed by atoms with E-state index in [1.807, 2.05) is 0 Å². The van der Waals surface area contributed by atoms with Gasteiger partial charge in [-0.2, -0.15) is 0 Å². The molecular weight excluding hydrogens is 351 g/mol. The quantitative estimate of drug-likeness (QED) is 0.256. The summed E-state index contributed by atoms with van der Waals surface area (Å²) in [6, 6.07) is -2.02. The van der Waals surface area contributed by atoms with Crippen LogP contribution in [0.3, 0.4) is 0 Å². The van der Waals surface area contributed by atoms with Crippen molar-refractivity contribution in [3.05, 3.63) is 0 Å². The first-order valence-electron chi connectivity index (χ1n) is 9.77. The normalized spacial score (nSPS) is 19.3. The van der Waals surface area contributed by atoms with E-state index in [0.717, 1.165) is 25.7 Å². The van der Waals surface area contributed by atoms with E-state index in [1.54, 1.807) is 13.8 Å². The van der Waals surface area contributed by atoms with Gasteiger partial charge in [0.25, 0.3) is 5.91 Å². The van der Waals surface area contributed by atoms with Gasteiger partial charge in [0, 0.05) is 5.92 Å². The van der Waals surface area contributed by atoms with Crippen LogP contribution in [-0.4, -0.2) is 59.0 Å². The highest BCUT2D eigenvalue weighted by molar-refractivity contribution is 6.43. The zero-order chi connectivity index (χ0) is 20.6. The fourth-order valence-electron chi connectivity index (χ4n) is 3.19. The summed E-state index contributed by atoms with van der Waals surface area (Å²) in [5.41, 5.74) is 3.97. The minimum atomic E-state index is -1.69. The van der Waals surface area contributed by atoms with E-state index in [4.69, 9.17) is 10.0 Å². The average molecular weight is 385 g/mol. The second-order valence-corrected chi connectivity index (χ2v) is 7.42. The smallest absolute Gasteiger partial charge is 0.426 e. The molecule has 0 heterocycles. The maximum atomic E-state index is 12.4. The predicted molar refractivity (Wildman–Crippen MR) is 101 cm³/mol. The van der Waals surface area contributed by atoms with Crippen molar-refractivity contribution in [2.75, 3.05) is 0 Å². The Balaban J connectivity index is 2.53. The van der Waals surface area contributed by atoms with Gasteiger partial charge < -0.3 is 31.7 Å². The van der Waals surface area contributed by atoms with Gasteiger partial charge in [0.1, 0.15) is 12.1 Å². The van der Waals surface area contributed by atoms with Crippen LogP contribution in [0.1, 0.15) is 59.3 Å². The lowest BCUT2D eigenvalue weighted by molar-refractivity contribution is -0.418. The molecule has 27 heavy (non-hydrogen) atoms. The van der Waals surface area contributed by atoms with Gasteiger partial charge in [-0.05, 0) is 33.1 Å². The summed E-state index contributed by atoms with van der Waals surface area (Å²) >= 11 is 0. The third kappa shape index (κ3) is 7.47. The first-order valence-corrected chi connectivity index (χ1v) is 9.77. The fourth-order valence-corrected chi connectivity index (χ4v) is 3.19. The zero-order valence-electron chi connectivity index (χ0n) is 16.5. The molecule has 0 radical (unpaired) electrons. The monoisotopic (exact) mass is 385 g/mol. The maximum absolute atomic E-state index is 12.4. The highest BCUT2D eigenvalue weighted by Crippen LogP contribution is 2.25. The molecule has 0 aromatic carbocycles. The molecule has 4 unspecified atom stereocenters. The van der Waals surface area contributed by atoms with Crippen molar-refractivity contribution >= 4 is 24.8 Å². The molecule has 0 saturated heterocycles. The highest BCUT2D eigenvalue weighted by atomic mass is 16.4. The molecule has 8 N–H and O–H groups in total. The van der Waals surface area contributed by atoms with Gasteiger partial charge in [0.15, 0.2) is 6.04 Å². The van der Waals surface area contributed by atoms with Gasteiger partial charge in [0.2, 0.25) is 11.8 Å². The summed E-state index contributed by atoms with van der Waals surface area (Å²) in [6.45, 7) is 4.73. The highest BCUT2D eigenvalue weighted by Gasteiger charge is 2.32. The molecule has 0 spiro atoms. The lowest BCUT2D eigenvalue weighted by Crippen LogP contribution is -2.71. The van der Waals surface area contributed by atoms with E-state index in [-0.39, 0.29) is 11.8 Å². The Bertz CT molecular complexity index is 514. The molecule has 1 aliphatic carbocycles. The van der Waals surface area contributed by atoms with Crippen LogP contribution in [0.15, 0.2) is 0 Å². The van der Waals surface area contributed by atoms with Crippen molar-refractivity contribution in [3.63, 3.8) is 0 Å². The molecule has 9 nitrogen and oxygen atoms in total. The van der Waals surface area contributed by atoms with Crippen LogP contribution in [0.25, 0.3) is 0 Å². The Morgan fingerprint density at radius 3 is 2.11 bits per heavy atom. The molecule has 0 aliphatic heterocycles. The van der Waals surface area contributed by atoms with E-state index in [2.05, 4.69) is 21.7 Å². The Labute approximate surface area is 161 Å². The van der Waals surface area contributed by atoms with Crippen LogP contribution in [0.2, 0.25) is 0 Å². The summed E-state index contributed by atoms with van der Waals surface area (Å²) < 4.78 is 0. The zero-order valence-corrected chi connectivity index (χ0v) is 16.5. The van der Waals surface area contributed by atoms with Crippen LogP contribution in [0.4, 0.5) is 0 Å². The molecule has 1 fully saturated rings. The van der Waals surface area contributed by atoms with Gasteiger partial charge in [-0.3, -0.25) is 14.4 Å². The minimum absolute atomic E-state index is 0.245. The number of carbonyl (C=O) groups excluding carboxylic acids is 3. The van der Waals surface area contributed by atoms with Crippen molar-refractivity contribution in [2.45, 2.75) is 83.4 Å². The van der Waals surface area contributed by atoms with Gasteiger partial charge in [-0.1, -0.05) is 26.2 Å². The van der Waals surface area contributed by atoms with Crippen LogP contribution < -0.4 is 21.7 Å².